The molecule has 2 heterocycles. The minimum Gasteiger partial charge on any atom is -0.351 e. The van der Waals surface area contributed by atoms with Gasteiger partial charge in [-0.1, -0.05) is 40.6 Å². The molecule has 0 spiro atoms. The Hall–Kier alpha value is -2.46. The number of hydrogen-bond donors (Lipinski definition) is 1. The van der Waals surface area contributed by atoms with Gasteiger partial charge in [0.15, 0.2) is 5.13 Å². The number of carbonyl (C=O) groups excluding carboxylic acids is 1. The zero-order valence-electron chi connectivity index (χ0n) is 16.4. The molecule has 162 valence electrons. The van der Waals surface area contributed by atoms with Crippen molar-refractivity contribution in [2.24, 2.45) is 0 Å². The minimum atomic E-state index is -0.584. The molecule has 1 aromatic heterocycles. The van der Waals surface area contributed by atoms with Crippen molar-refractivity contribution in [3.63, 3.8) is 0 Å². The molecular weight excluding hydrogens is 461 g/mol. The molecule has 0 atom stereocenters. The van der Waals surface area contributed by atoms with E-state index in [1.807, 2.05) is 18.2 Å². The molecule has 0 radical (unpaired) electrons. The number of anilines is 1. The number of nitrogens with zero attached hydrogens (tertiary/aromatic N) is 4. The lowest BCUT2D eigenvalue weighted by Crippen LogP contribution is -2.48. The van der Waals surface area contributed by atoms with Crippen molar-refractivity contribution in [1.82, 2.24) is 15.2 Å². The third kappa shape index (κ3) is 4.90. The quantitative estimate of drug-likeness (QED) is 0.423. The number of aromatic nitrogens is 1. The molecule has 2 aromatic carbocycles. The first kappa shape index (κ1) is 21.8. The van der Waals surface area contributed by atoms with Crippen LogP contribution in [0.2, 0.25) is 10.0 Å². The highest BCUT2D eigenvalue weighted by Crippen LogP contribution is 2.33. The Kier molecular flexibility index (Phi) is 6.57. The third-order valence-corrected chi connectivity index (χ3v) is 6.74. The van der Waals surface area contributed by atoms with Crippen molar-refractivity contribution in [3.8, 4) is 0 Å². The van der Waals surface area contributed by atoms with Gasteiger partial charge in [0.1, 0.15) is 11.1 Å². The Balaban J connectivity index is 1.29. The van der Waals surface area contributed by atoms with Crippen molar-refractivity contribution in [1.29, 1.82) is 0 Å². The van der Waals surface area contributed by atoms with Gasteiger partial charge in [-0.25, -0.2) is 4.98 Å². The van der Waals surface area contributed by atoms with Gasteiger partial charge >= 0.3 is 0 Å². The Morgan fingerprint density at radius 2 is 1.97 bits per heavy atom. The van der Waals surface area contributed by atoms with Crippen molar-refractivity contribution >= 4 is 61.5 Å². The highest BCUT2D eigenvalue weighted by molar-refractivity contribution is 7.22. The van der Waals surface area contributed by atoms with E-state index in [0.717, 1.165) is 41.5 Å². The minimum absolute atomic E-state index is 0.0307. The second kappa shape index (κ2) is 9.35. The number of rotatable bonds is 6. The summed E-state index contributed by atoms with van der Waals surface area (Å²) in [6.45, 7) is 4.35. The maximum absolute atomic E-state index is 12.4. The van der Waals surface area contributed by atoms with E-state index in [-0.39, 0.29) is 16.3 Å². The Bertz CT molecular complexity index is 1130. The van der Waals surface area contributed by atoms with Crippen LogP contribution in [0.3, 0.4) is 0 Å². The maximum Gasteiger partial charge on any atom is 0.282 e. The van der Waals surface area contributed by atoms with E-state index in [2.05, 4.69) is 20.1 Å². The molecular formula is C20H19Cl2N5O3S. The van der Waals surface area contributed by atoms with Crippen LogP contribution >= 0.6 is 34.5 Å². The molecule has 1 N–H and O–H groups in total. The fraction of sp³-hybridized carbons (Fsp3) is 0.300. The van der Waals surface area contributed by atoms with Crippen molar-refractivity contribution in [2.75, 3.05) is 44.2 Å². The number of amides is 1. The molecule has 4 rings (SSSR count). The van der Waals surface area contributed by atoms with Crippen LogP contribution in [0.5, 0.6) is 0 Å². The van der Waals surface area contributed by atoms with Gasteiger partial charge in [0.25, 0.3) is 11.6 Å². The second-order valence-corrected chi connectivity index (χ2v) is 8.94. The highest BCUT2D eigenvalue weighted by Gasteiger charge is 2.22. The molecule has 1 saturated heterocycles. The average Bonchev–Trinajstić information content (AvgIpc) is 3.19. The van der Waals surface area contributed by atoms with Crippen molar-refractivity contribution in [3.05, 3.63) is 62.1 Å². The molecule has 0 bridgehead atoms. The number of nitrogens with one attached hydrogen (secondary N) is 1. The average molecular weight is 480 g/mol. The van der Waals surface area contributed by atoms with Gasteiger partial charge in [0.05, 0.1) is 14.6 Å². The van der Waals surface area contributed by atoms with E-state index in [1.54, 1.807) is 11.3 Å². The van der Waals surface area contributed by atoms with E-state index in [9.17, 15) is 14.9 Å². The zero-order valence-corrected chi connectivity index (χ0v) is 18.7. The summed E-state index contributed by atoms with van der Waals surface area (Å²) in [5.41, 5.74) is 0.549. The van der Waals surface area contributed by atoms with Gasteiger partial charge in [0.2, 0.25) is 0 Å². The Labute approximate surface area is 192 Å². The number of nitro groups is 1. The molecule has 0 aliphatic carbocycles. The smallest absolute Gasteiger partial charge is 0.282 e. The molecule has 11 heteroatoms. The van der Waals surface area contributed by atoms with Crippen LogP contribution in [-0.2, 0) is 0 Å². The fourth-order valence-corrected chi connectivity index (χ4v) is 4.96. The largest absolute Gasteiger partial charge is 0.351 e. The second-order valence-electron chi connectivity index (χ2n) is 7.09. The number of fused-ring (bicyclic) bond motifs is 1. The summed E-state index contributed by atoms with van der Waals surface area (Å²) in [7, 11) is 0. The lowest BCUT2D eigenvalue weighted by Gasteiger charge is -2.34. The first-order valence-corrected chi connectivity index (χ1v) is 11.2. The molecule has 31 heavy (non-hydrogen) atoms. The lowest BCUT2D eigenvalue weighted by molar-refractivity contribution is -0.385. The van der Waals surface area contributed by atoms with Crippen LogP contribution in [0.15, 0.2) is 36.4 Å². The summed E-state index contributed by atoms with van der Waals surface area (Å²) in [5.74, 6) is -0.501. The van der Waals surface area contributed by atoms with Gasteiger partial charge in [-0.15, -0.1) is 0 Å². The van der Waals surface area contributed by atoms with Gasteiger partial charge in [-0.2, -0.15) is 0 Å². The summed E-state index contributed by atoms with van der Waals surface area (Å²) >= 11 is 13.8. The van der Waals surface area contributed by atoms with Gasteiger partial charge in [-0.05, 0) is 24.3 Å². The number of hydrogen-bond acceptors (Lipinski definition) is 7. The molecule has 0 unspecified atom stereocenters. The summed E-state index contributed by atoms with van der Waals surface area (Å²) in [6.07, 6.45) is 0. The summed E-state index contributed by atoms with van der Waals surface area (Å²) in [6, 6.07) is 9.75. The first-order chi connectivity index (χ1) is 14.9. The van der Waals surface area contributed by atoms with Crippen molar-refractivity contribution < 1.29 is 9.72 Å². The molecule has 1 aliphatic rings. The predicted molar refractivity (Wildman–Crippen MR) is 124 cm³/mol. The van der Waals surface area contributed by atoms with E-state index < -0.39 is 10.8 Å². The van der Waals surface area contributed by atoms with Crippen LogP contribution < -0.4 is 10.2 Å². The molecule has 8 nitrogen and oxygen atoms in total. The number of halogens is 2. The SMILES string of the molecule is O=C(NCCN1CCN(c2nc3c(Cl)cccc3s2)CC1)c1cc(Cl)ccc1[N+](=O)[O-]. The fourth-order valence-electron chi connectivity index (χ4n) is 3.47. The van der Waals surface area contributed by atoms with Crippen LogP contribution in [0.1, 0.15) is 10.4 Å². The number of para-hydroxylation sites is 1. The highest BCUT2D eigenvalue weighted by atomic mass is 35.5. The normalized spacial score (nSPS) is 14.7. The van der Waals surface area contributed by atoms with Gasteiger partial charge in [0, 0.05) is 50.4 Å². The Morgan fingerprint density at radius 1 is 1.19 bits per heavy atom. The van der Waals surface area contributed by atoms with E-state index in [1.165, 1.54) is 18.2 Å². The van der Waals surface area contributed by atoms with Crippen LogP contribution in [0, 0.1) is 10.1 Å². The Morgan fingerprint density at radius 3 is 2.68 bits per heavy atom. The maximum atomic E-state index is 12.4. The molecule has 3 aromatic rings. The zero-order chi connectivity index (χ0) is 22.0. The van der Waals surface area contributed by atoms with Crippen LogP contribution in [0.4, 0.5) is 10.8 Å². The van der Waals surface area contributed by atoms with E-state index >= 15 is 0 Å². The molecule has 1 aliphatic heterocycles. The van der Waals surface area contributed by atoms with E-state index in [0.29, 0.717) is 18.1 Å². The first-order valence-electron chi connectivity index (χ1n) is 9.67. The standard InChI is InChI=1S/C20H19Cl2N5O3S/c21-13-4-5-16(27(29)30)14(12-13)19(28)23-6-7-25-8-10-26(11-9-25)20-24-18-15(22)2-1-3-17(18)31-20/h1-5,12H,6-11H2,(H,23,28). The summed E-state index contributed by atoms with van der Waals surface area (Å²) < 4.78 is 1.07. The monoisotopic (exact) mass is 479 g/mol. The predicted octanol–water partition coefficient (Wildman–Crippen LogP) is 4.06. The third-order valence-electron chi connectivity index (χ3n) is 5.11. The molecule has 1 amide bonds. The molecule has 0 saturated carbocycles. The number of benzene rings is 2. The number of nitro benzene ring substituents is 1. The number of carbonyl (C=O) groups is 1. The van der Waals surface area contributed by atoms with Crippen LogP contribution in [0.25, 0.3) is 10.2 Å². The van der Waals surface area contributed by atoms with Gasteiger partial charge < -0.3 is 10.2 Å². The topological polar surface area (TPSA) is 91.6 Å². The lowest BCUT2D eigenvalue weighted by atomic mass is 10.1. The number of piperazine rings is 1. The van der Waals surface area contributed by atoms with Crippen molar-refractivity contribution in [2.45, 2.75) is 0 Å². The number of thiazole rings is 1. The molecule has 1 fully saturated rings. The van der Waals surface area contributed by atoms with Crippen LogP contribution in [-0.4, -0.2) is 60.0 Å². The summed E-state index contributed by atoms with van der Waals surface area (Å²) in [4.78, 5) is 32.1. The van der Waals surface area contributed by atoms with Gasteiger partial charge in [-0.3, -0.25) is 19.8 Å². The summed E-state index contributed by atoms with van der Waals surface area (Å²) in [5, 5.41) is 15.8. The van der Waals surface area contributed by atoms with E-state index in [4.69, 9.17) is 23.2 Å².